The van der Waals surface area contributed by atoms with E-state index in [0.29, 0.717) is 42.5 Å². The van der Waals surface area contributed by atoms with Gasteiger partial charge in [-0.1, -0.05) is 20.4 Å². The van der Waals surface area contributed by atoms with Crippen molar-refractivity contribution in [2.24, 2.45) is 33.7 Å². The van der Waals surface area contributed by atoms with Crippen LogP contribution in [0.1, 0.15) is 112 Å². The zero-order valence-corrected chi connectivity index (χ0v) is 25.3. The van der Waals surface area contributed by atoms with E-state index in [1.54, 1.807) is 6.92 Å². The topological polar surface area (TPSA) is 94.4 Å². The molecule has 0 heterocycles. The fourth-order valence-corrected chi connectivity index (χ4v) is 6.17. The molecule has 0 aliphatic heterocycles. The van der Waals surface area contributed by atoms with Gasteiger partial charge in [0.25, 0.3) is 0 Å². The molecule has 2 aliphatic carbocycles. The van der Waals surface area contributed by atoms with Crippen LogP contribution >= 0.6 is 0 Å². The fourth-order valence-electron chi connectivity index (χ4n) is 6.17. The Balaban J connectivity index is 1.69. The largest absolute Gasteiger partial charge is 0.462 e. The van der Waals surface area contributed by atoms with E-state index in [4.69, 9.17) is 19.5 Å². The standard InChI is InChI=1S/C32H52N2O5/c1-21(2)31(36)38-16-8-10-24(5)33-29-14-12-27(18-22(29)3)20-28-13-15-30(23(4)19-28)34-25(6)11-9-17-39-32(37)26(7)35/h22-23,27-30H,1,8-20H2,2-7H3. The number of ether oxygens (including phenoxy) is 2. The van der Waals surface area contributed by atoms with Gasteiger partial charge in [-0.2, -0.15) is 0 Å². The second-order valence-electron chi connectivity index (χ2n) is 12.2. The molecular formula is C32H52N2O5. The highest BCUT2D eigenvalue weighted by atomic mass is 16.5. The summed E-state index contributed by atoms with van der Waals surface area (Å²) in [6, 6.07) is 0.800. The Morgan fingerprint density at radius 3 is 1.54 bits per heavy atom. The summed E-state index contributed by atoms with van der Waals surface area (Å²) in [5.74, 6) is 1.16. The third kappa shape index (κ3) is 12.2. The van der Waals surface area contributed by atoms with Crippen molar-refractivity contribution in [2.45, 2.75) is 124 Å². The van der Waals surface area contributed by atoms with E-state index in [2.05, 4.69) is 34.3 Å². The molecule has 0 bridgehead atoms. The number of carbonyl (C=O) groups excluding carboxylic acids is 3. The van der Waals surface area contributed by atoms with Gasteiger partial charge in [-0.05, 0) is 115 Å². The van der Waals surface area contributed by atoms with Crippen molar-refractivity contribution in [3.8, 4) is 0 Å². The molecular weight excluding hydrogens is 492 g/mol. The van der Waals surface area contributed by atoms with E-state index in [1.165, 1.54) is 45.4 Å². The highest BCUT2D eigenvalue weighted by Crippen LogP contribution is 2.40. The number of ketones is 1. The number of rotatable bonds is 14. The molecule has 0 radical (unpaired) electrons. The Morgan fingerprint density at radius 1 is 0.718 bits per heavy atom. The first kappa shape index (κ1) is 32.9. The zero-order chi connectivity index (χ0) is 28.9. The monoisotopic (exact) mass is 544 g/mol. The molecule has 0 aromatic carbocycles. The Hall–Kier alpha value is -2.31. The molecule has 0 aromatic heterocycles. The molecule has 2 rings (SSSR count). The molecule has 2 saturated carbocycles. The summed E-state index contributed by atoms with van der Waals surface area (Å²) in [6.07, 6.45) is 11.8. The lowest BCUT2D eigenvalue weighted by Gasteiger charge is -2.37. The van der Waals surface area contributed by atoms with E-state index in [9.17, 15) is 14.4 Å². The van der Waals surface area contributed by atoms with Crippen LogP contribution in [-0.4, -0.2) is 54.4 Å². The maximum absolute atomic E-state index is 11.5. The number of aliphatic imine (C=N–C) groups is 2. The van der Waals surface area contributed by atoms with Crippen molar-refractivity contribution >= 4 is 29.1 Å². The van der Waals surface area contributed by atoms with Gasteiger partial charge in [-0.3, -0.25) is 14.8 Å². The van der Waals surface area contributed by atoms with Crippen molar-refractivity contribution in [3.05, 3.63) is 12.2 Å². The van der Waals surface area contributed by atoms with Gasteiger partial charge in [0.15, 0.2) is 0 Å². The molecule has 6 unspecified atom stereocenters. The fraction of sp³-hybridized carbons (Fsp3) is 0.781. The summed E-state index contributed by atoms with van der Waals surface area (Å²) in [4.78, 5) is 43.8. The number of carbonyl (C=O) groups is 3. The number of esters is 2. The van der Waals surface area contributed by atoms with Gasteiger partial charge in [-0.15, -0.1) is 0 Å². The first-order valence-electron chi connectivity index (χ1n) is 15.0. The molecule has 2 fully saturated rings. The lowest BCUT2D eigenvalue weighted by molar-refractivity contribution is -0.152. The molecule has 0 aromatic rings. The van der Waals surface area contributed by atoms with Gasteiger partial charge in [0.1, 0.15) is 0 Å². The average molecular weight is 545 g/mol. The summed E-state index contributed by atoms with van der Waals surface area (Å²) in [5, 5.41) is 0. The van der Waals surface area contributed by atoms with Crippen LogP contribution in [0.15, 0.2) is 22.1 Å². The number of hydrogen-bond donors (Lipinski definition) is 0. The molecule has 0 N–H and O–H groups in total. The van der Waals surface area contributed by atoms with Gasteiger partial charge in [0.2, 0.25) is 5.78 Å². The van der Waals surface area contributed by atoms with Crippen molar-refractivity contribution < 1.29 is 23.9 Å². The van der Waals surface area contributed by atoms with Crippen LogP contribution in [-0.2, 0) is 23.9 Å². The van der Waals surface area contributed by atoms with Crippen LogP contribution in [0.4, 0.5) is 0 Å². The van der Waals surface area contributed by atoms with Gasteiger partial charge in [-0.25, -0.2) is 9.59 Å². The highest BCUT2D eigenvalue weighted by molar-refractivity contribution is 6.32. The zero-order valence-electron chi connectivity index (χ0n) is 25.3. The van der Waals surface area contributed by atoms with Gasteiger partial charge >= 0.3 is 11.9 Å². The molecule has 220 valence electrons. The minimum Gasteiger partial charge on any atom is -0.462 e. The maximum atomic E-state index is 11.5. The number of nitrogens with zero attached hydrogens (tertiary/aromatic N) is 2. The van der Waals surface area contributed by atoms with Crippen molar-refractivity contribution in [1.82, 2.24) is 0 Å². The average Bonchev–Trinajstić information content (AvgIpc) is 2.87. The van der Waals surface area contributed by atoms with Crippen LogP contribution in [0.25, 0.3) is 0 Å². The van der Waals surface area contributed by atoms with E-state index >= 15 is 0 Å². The van der Waals surface area contributed by atoms with E-state index in [0.717, 1.165) is 48.9 Å². The Bertz CT molecular complexity index is 836. The van der Waals surface area contributed by atoms with Crippen LogP contribution < -0.4 is 0 Å². The first-order valence-corrected chi connectivity index (χ1v) is 15.0. The minimum atomic E-state index is -0.752. The predicted octanol–water partition coefficient (Wildman–Crippen LogP) is 6.72. The number of Topliss-reactive ketones (excluding diaryl/α,β-unsaturated/α-hetero) is 1. The van der Waals surface area contributed by atoms with Gasteiger partial charge in [0, 0.05) is 23.9 Å². The molecule has 39 heavy (non-hydrogen) atoms. The molecule has 7 heteroatoms. The van der Waals surface area contributed by atoms with Crippen molar-refractivity contribution in [1.29, 1.82) is 0 Å². The van der Waals surface area contributed by atoms with Crippen LogP contribution in [0.3, 0.4) is 0 Å². The van der Waals surface area contributed by atoms with E-state index < -0.39 is 11.8 Å². The maximum Gasteiger partial charge on any atom is 0.374 e. The van der Waals surface area contributed by atoms with Crippen molar-refractivity contribution in [3.63, 3.8) is 0 Å². The molecule has 7 nitrogen and oxygen atoms in total. The van der Waals surface area contributed by atoms with E-state index in [1.807, 2.05) is 0 Å². The summed E-state index contributed by atoms with van der Waals surface area (Å²) in [6.45, 7) is 16.1. The lowest BCUT2D eigenvalue weighted by atomic mass is 9.70. The van der Waals surface area contributed by atoms with Crippen LogP contribution in [0.2, 0.25) is 0 Å². The van der Waals surface area contributed by atoms with Crippen LogP contribution in [0, 0.1) is 23.7 Å². The predicted molar refractivity (Wildman–Crippen MR) is 157 cm³/mol. The third-order valence-electron chi connectivity index (χ3n) is 8.37. The smallest absolute Gasteiger partial charge is 0.374 e. The Morgan fingerprint density at radius 2 is 1.15 bits per heavy atom. The van der Waals surface area contributed by atoms with E-state index in [-0.39, 0.29) is 12.6 Å². The Kier molecular flexibility index (Phi) is 14.1. The normalized spacial score (nSPS) is 28.1. The Labute approximate surface area is 236 Å². The highest BCUT2D eigenvalue weighted by Gasteiger charge is 2.32. The summed E-state index contributed by atoms with van der Waals surface area (Å²) in [5.41, 5.74) is 2.72. The van der Waals surface area contributed by atoms with Crippen LogP contribution in [0.5, 0.6) is 0 Å². The van der Waals surface area contributed by atoms with Gasteiger partial charge < -0.3 is 9.47 Å². The van der Waals surface area contributed by atoms with Gasteiger partial charge in [0.05, 0.1) is 25.3 Å². The molecule has 0 amide bonds. The van der Waals surface area contributed by atoms with Crippen molar-refractivity contribution in [2.75, 3.05) is 13.2 Å². The quantitative estimate of drug-likeness (QED) is 0.0795. The second kappa shape index (κ2) is 16.7. The summed E-state index contributed by atoms with van der Waals surface area (Å²) in [7, 11) is 0. The second-order valence-corrected chi connectivity index (χ2v) is 12.2. The third-order valence-corrected chi connectivity index (χ3v) is 8.37. The molecule has 6 atom stereocenters. The summed E-state index contributed by atoms with van der Waals surface area (Å²) < 4.78 is 10.1. The lowest BCUT2D eigenvalue weighted by Crippen LogP contribution is -2.31. The molecule has 2 aliphatic rings. The SMILES string of the molecule is C=C(C)C(=O)OCCCC(C)=NC1CCC(CC2CCC(N=C(C)CCCOC(=O)C(C)=O)C(C)C2)CC1C. The molecule has 0 saturated heterocycles. The minimum absolute atomic E-state index is 0.270. The number of hydrogen-bond acceptors (Lipinski definition) is 7. The summed E-state index contributed by atoms with van der Waals surface area (Å²) >= 11 is 0. The molecule has 0 spiro atoms. The first-order chi connectivity index (χ1) is 18.5.